The molecule has 1 rings (SSSR count). The third kappa shape index (κ3) is 4.48. The van der Waals surface area contributed by atoms with E-state index in [0.29, 0.717) is 0 Å². The van der Waals surface area contributed by atoms with Crippen molar-refractivity contribution in [2.24, 2.45) is 0 Å². The van der Waals surface area contributed by atoms with Crippen LogP contribution >= 0.6 is 0 Å². The lowest BCUT2D eigenvalue weighted by atomic mass is 10.00. The average molecular weight is 277 g/mol. The molecule has 0 saturated carbocycles. The SMILES string of the molecule is CCCNCc1cc(CC)nc(N(C)C(C)(C)CC)c1. The molecular weight excluding hydrogens is 246 g/mol. The van der Waals surface area contributed by atoms with E-state index in [-0.39, 0.29) is 5.54 Å². The fourth-order valence-corrected chi connectivity index (χ4v) is 2.04. The summed E-state index contributed by atoms with van der Waals surface area (Å²) in [6.45, 7) is 13.1. The third-order valence-electron chi connectivity index (χ3n) is 4.16. The van der Waals surface area contributed by atoms with Crippen molar-refractivity contribution < 1.29 is 0 Å². The van der Waals surface area contributed by atoms with Gasteiger partial charge in [-0.25, -0.2) is 4.98 Å². The van der Waals surface area contributed by atoms with Crippen molar-refractivity contribution in [1.82, 2.24) is 10.3 Å². The van der Waals surface area contributed by atoms with Crippen LogP contribution in [0, 0.1) is 0 Å². The largest absolute Gasteiger partial charge is 0.355 e. The van der Waals surface area contributed by atoms with Crippen molar-refractivity contribution in [1.29, 1.82) is 0 Å². The summed E-state index contributed by atoms with van der Waals surface area (Å²) in [5.74, 6) is 1.09. The Balaban J connectivity index is 2.98. The summed E-state index contributed by atoms with van der Waals surface area (Å²) in [5, 5.41) is 3.48. The second-order valence-corrected chi connectivity index (χ2v) is 6.08. The van der Waals surface area contributed by atoms with Crippen LogP contribution in [0.2, 0.25) is 0 Å². The first kappa shape index (κ1) is 17.0. The fourth-order valence-electron chi connectivity index (χ4n) is 2.04. The molecule has 1 heterocycles. The van der Waals surface area contributed by atoms with Gasteiger partial charge in [0.15, 0.2) is 0 Å². The van der Waals surface area contributed by atoms with Gasteiger partial charge in [-0.1, -0.05) is 20.8 Å². The number of hydrogen-bond acceptors (Lipinski definition) is 3. The highest BCUT2D eigenvalue weighted by Crippen LogP contribution is 2.24. The highest BCUT2D eigenvalue weighted by molar-refractivity contribution is 5.44. The van der Waals surface area contributed by atoms with Crippen LogP contribution in [0.5, 0.6) is 0 Å². The average Bonchev–Trinajstić information content (AvgIpc) is 2.46. The molecule has 0 spiro atoms. The standard InChI is InChI=1S/C17H31N3/c1-7-10-18-13-14-11-15(8-2)19-16(12-14)20(6)17(4,5)9-3/h11-12,18H,7-10,13H2,1-6H3. The highest BCUT2D eigenvalue weighted by Gasteiger charge is 2.22. The van der Waals surface area contributed by atoms with Gasteiger partial charge in [0, 0.05) is 24.8 Å². The van der Waals surface area contributed by atoms with E-state index in [1.165, 1.54) is 17.7 Å². The Labute approximate surface area is 124 Å². The third-order valence-corrected chi connectivity index (χ3v) is 4.16. The predicted octanol–water partition coefficient (Wildman–Crippen LogP) is 3.77. The van der Waals surface area contributed by atoms with Crippen LogP contribution in [0.1, 0.15) is 58.7 Å². The second-order valence-electron chi connectivity index (χ2n) is 6.08. The molecule has 0 bridgehead atoms. The number of pyridine rings is 1. The molecule has 0 amide bonds. The van der Waals surface area contributed by atoms with Crippen LogP contribution in [-0.2, 0) is 13.0 Å². The molecule has 0 atom stereocenters. The molecule has 3 heteroatoms. The number of nitrogens with one attached hydrogen (secondary N) is 1. The van der Waals surface area contributed by atoms with E-state index in [0.717, 1.165) is 31.7 Å². The first-order valence-corrected chi connectivity index (χ1v) is 7.89. The maximum atomic E-state index is 4.79. The summed E-state index contributed by atoms with van der Waals surface area (Å²) in [4.78, 5) is 7.09. The molecule has 20 heavy (non-hydrogen) atoms. The lowest BCUT2D eigenvalue weighted by Crippen LogP contribution is -2.41. The molecular formula is C17H31N3. The second kappa shape index (κ2) is 7.63. The quantitative estimate of drug-likeness (QED) is 0.733. The predicted molar refractivity (Wildman–Crippen MR) is 88.4 cm³/mol. The maximum Gasteiger partial charge on any atom is 0.129 e. The molecule has 1 aromatic rings. The van der Waals surface area contributed by atoms with Crippen molar-refractivity contribution in [2.75, 3.05) is 18.5 Å². The Hall–Kier alpha value is -1.09. The smallest absolute Gasteiger partial charge is 0.129 e. The molecule has 0 aliphatic carbocycles. The number of aryl methyl sites for hydroxylation is 1. The summed E-state index contributed by atoms with van der Waals surface area (Å²) in [7, 11) is 2.15. The molecule has 0 radical (unpaired) electrons. The van der Waals surface area contributed by atoms with Crippen LogP contribution in [0.4, 0.5) is 5.82 Å². The van der Waals surface area contributed by atoms with Crippen LogP contribution in [-0.4, -0.2) is 24.1 Å². The van der Waals surface area contributed by atoms with Crippen LogP contribution in [0.3, 0.4) is 0 Å². The first-order chi connectivity index (χ1) is 9.44. The van der Waals surface area contributed by atoms with E-state index in [1.54, 1.807) is 0 Å². The van der Waals surface area contributed by atoms with Crippen LogP contribution in [0.15, 0.2) is 12.1 Å². The zero-order valence-corrected chi connectivity index (χ0v) is 14.1. The van der Waals surface area contributed by atoms with Crippen molar-refractivity contribution in [3.05, 3.63) is 23.4 Å². The van der Waals surface area contributed by atoms with Crippen molar-refractivity contribution >= 4 is 5.82 Å². The Bertz CT molecular complexity index is 413. The van der Waals surface area contributed by atoms with Gasteiger partial charge >= 0.3 is 0 Å². The fraction of sp³-hybridized carbons (Fsp3) is 0.706. The molecule has 0 unspecified atom stereocenters. The minimum absolute atomic E-state index is 0.132. The van der Waals surface area contributed by atoms with Gasteiger partial charge in [0.1, 0.15) is 5.82 Å². The van der Waals surface area contributed by atoms with Gasteiger partial charge < -0.3 is 10.2 Å². The number of rotatable bonds is 8. The van der Waals surface area contributed by atoms with E-state index in [9.17, 15) is 0 Å². The molecule has 3 nitrogen and oxygen atoms in total. The molecule has 0 aliphatic heterocycles. The topological polar surface area (TPSA) is 28.2 Å². The Morgan fingerprint density at radius 2 is 1.90 bits per heavy atom. The van der Waals surface area contributed by atoms with Crippen LogP contribution < -0.4 is 10.2 Å². The molecule has 0 aliphatic rings. The maximum absolute atomic E-state index is 4.79. The van der Waals surface area contributed by atoms with Gasteiger partial charge in [0.05, 0.1) is 0 Å². The van der Waals surface area contributed by atoms with E-state index in [2.05, 4.69) is 64.0 Å². The zero-order valence-electron chi connectivity index (χ0n) is 14.1. The van der Waals surface area contributed by atoms with Gasteiger partial charge in [0.2, 0.25) is 0 Å². The van der Waals surface area contributed by atoms with Crippen molar-refractivity contribution in [3.8, 4) is 0 Å². The van der Waals surface area contributed by atoms with Crippen LogP contribution in [0.25, 0.3) is 0 Å². The Morgan fingerprint density at radius 3 is 2.45 bits per heavy atom. The zero-order chi connectivity index (χ0) is 15.2. The van der Waals surface area contributed by atoms with Crippen molar-refractivity contribution in [3.63, 3.8) is 0 Å². The summed E-state index contributed by atoms with van der Waals surface area (Å²) in [6.07, 6.45) is 3.25. The van der Waals surface area contributed by atoms with Gasteiger partial charge in [0.25, 0.3) is 0 Å². The minimum Gasteiger partial charge on any atom is -0.355 e. The number of anilines is 1. The lowest BCUT2D eigenvalue weighted by molar-refractivity contribution is 0.466. The van der Waals surface area contributed by atoms with Gasteiger partial charge in [-0.2, -0.15) is 0 Å². The van der Waals surface area contributed by atoms with E-state index in [4.69, 9.17) is 4.98 Å². The first-order valence-electron chi connectivity index (χ1n) is 7.89. The monoisotopic (exact) mass is 277 g/mol. The lowest BCUT2D eigenvalue weighted by Gasteiger charge is -2.36. The van der Waals surface area contributed by atoms with Gasteiger partial charge in [-0.05, 0) is 57.4 Å². The molecule has 0 saturated heterocycles. The van der Waals surface area contributed by atoms with Gasteiger partial charge in [-0.3, -0.25) is 0 Å². The summed E-state index contributed by atoms with van der Waals surface area (Å²) in [6, 6.07) is 4.44. The van der Waals surface area contributed by atoms with E-state index >= 15 is 0 Å². The minimum atomic E-state index is 0.132. The molecule has 0 fully saturated rings. The van der Waals surface area contributed by atoms with E-state index < -0.39 is 0 Å². The Morgan fingerprint density at radius 1 is 1.20 bits per heavy atom. The normalized spacial score (nSPS) is 11.7. The highest BCUT2D eigenvalue weighted by atomic mass is 15.2. The molecule has 114 valence electrons. The molecule has 0 aromatic carbocycles. The summed E-state index contributed by atoms with van der Waals surface area (Å²) >= 11 is 0. The molecule has 1 N–H and O–H groups in total. The van der Waals surface area contributed by atoms with Gasteiger partial charge in [-0.15, -0.1) is 0 Å². The summed E-state index contributed by atoms with van der Waals surface area (Å²) in [5.41, 5.74) is 2.64. The number of nitrogens with zero attached hydrogens (tertiary/aromatic N) is 2. The Kier molecular flexibility index (Phi) is 6.47. The van der Waals surface area contributed by atoms with E-state index in [1.807, 2.05) is 0 Å². The summed E-state index contributed by atoms with van der Waals surface area (Å²) < 4.78 is 0. The van der Waals surface area contributed by atoms with Crippen molar-refractivity contribution in [2.45, 2.75) is 66.0 Å². The number of hydrogen-bond donors (Lipinski definition) is 1. The number of aromatic nitrogens is 1. The molecule has 1 aromatic heterocycles.